The number of rotatable bonds is 11. The summed E-state index contributed by atoms with van der Waals surface area (Å²) >= 11 is 0. The highest BCUT2D eigenvalue weighted by atomic mass is 16.5. The van der Waals surface area contributed by atoms with E-state index in [0.717, 1.165) is 12.0 Å². The maximum atomic E-state index is 11.7. The lowest BCUT2D eigenvalue weighted by atomic mass is 9.65. The molecule has 0 saturated carbocycles. The minimum Gasteiger partial charge on any atom is -0.463 e. The predicted octanol–water partition coefficient (Wildman–Crippen LogP) is 3.40. The molecule has 1 aliphatic rings. The van der Waals surface area contributed by atoms with E-state index in [0.29, 0.717) is 19.2 Å². The van der Waals surface area contributed by atoms with Crippen molar-refractivity contribution >= 4 is 5.97 Å². The molecule has 0 aromatic carbocycles. The molecule has 1 aliphatic carbocycles. The fraction of sp³-hybridized carbons (Fsp3) is 0.682. The molecule has 5 nitrogen and oxygen atoms in total. The molecular formula is C22H37NO4. The van der Waals surface area contributed by atoms with Crippen LogP contribution >= 0.6 is 0 Å². The van der Waals surface area contributed by atoms with Crippen LogP contribution in [-0.2, 0) is 14.3 Å². The average molecular weight is 380 g/mol. The topological polar surface area (TPSA) is 67.8 Å². The number of carbonyl (C=O) groups excluding carboxylic acids is 1. The zero-order valence-corrected chi connectivity index (χ0v) is 17.7. The molecule has 0 aliphatic heterocycles. The Hall–Kier alpha value is -1.43. The van der Waals surface area contributed by atoms with Crippen molar-refractivity contribution < 1.29 is 19.4 Å². The molecule has 0 bridgehead atoms. The monoisotopic (exact) mass is 379 g/mol. The number of aliphatic hydroxyl groups excluding tert-OH is 1. The molecule has 4 atom stereocenters. The fourth-order valence-corrected chi connectivity index (χ4v) is 3.40. The van der Waals surface area contributed by atoms with Crippen molar-refractivity contribution in [2.24, 2.45) is 11.3 Å². The Morgan fingerprint density at radius 3 is 2.70 bits per heavy atom. The highest BCUT2D eigenvalue weighted by Gasteiger charge is 2.41. The number of hydrogen-bond donors (Lipinski definition) is 2. The molecule has 0 aromatic rings. The zero-order valence-electron chi connectivity index (χ0n) is 17.7. The van der Waals surface area contributed by atoms with Crippen LogP contribution in [0.25, 0.3) is 0 Å². The summed E-state index contributed by atoms with van der Waals surface area (Å²) in [6.07, 6.45) is 9.69. The molecule has 0 spiro atoms. The highest BCUT2D eigenvalue weighted by Crippen LogP contribution is 2.45. The van der Waals surface area contributed by atoms with Crippen molar-refractivity contribution in [3.05, 3.63) is 36.0 Å². The number of ether oxygens (including phenoxy) is 2. The maximum absolute atomic E-state index is 11.7. The summed E-state index contributed by atoms with van der Waals surface area (Å²) in [5.41, 5.74) is 0.740. The molecule has 27 heavy (non-hydrogen) atoms. The van der Waals surface area contributed by atoms with Crippen LogP contribution in [-0.4, -0.2) is 49.1 Å². The van der Waals surface area contributed by atoms with Crippen LogP contribution in [0.1, 0.15) is 48.0 Å². The van der Waals surface area contributed by atoms with Crippen LogP contribution in [0, 0.1) is 11.3 Å². The molecule has 0 heterocycles. The van der Waals surface area contributed by atoms with Gasteiger partial charge in [-0.1, -0.05) is 58.9 Å². The van der Waals surface area contributed by atoms with Gasteiger partial charge in [0.25, 0.3) is 0 Å². The van der Waals surface area contributed by atoms with E-state index in [2.05, 4.69) is 32.2 Å². The minimum absolute atomic E-state index is 0.0794. The van der Waals surface area contributed by atoms with Gasteiger partial charge in [-0.25, -0.2) is 4.79 Å². The Kier molecular flexibility index (Phi) is 9.99. The summed E-state index contributed by atoms with van der Waals surface area (Å²) in [5.74, 6) is -0.104. The second-order valence-electron chi connectivity index (χ2n) is 7.61. The first kappa shape index (κ1) is 23.6. The van der Waals surface area contributed by atoms with Gasteiger partial charge in [0.1, 0.15) is 0 Å². The normalized spacial score (nSPS) is 24.9. The average Bonchev–Trinajstić information content (AvgIpc) is 2.62. The summed E-state index contributed by atoms with van der Waals surface area (Å²) in [6.45, 7) is 13.4. The Bertz CT molecular complexity index is 553. The Balaban J connectivity index is 2.88. The first-order valence-electron chi connectivity index (χ1n) is 10.0. The van der Waals surface area contributed by atoms with Crippen LogP contribution < -0.4 is 5.32 Å². The van der Waals surface area contributed by atoms with Gasteiger partial charge in [0, 0.05) is 24.1 Å². The summed E-state index contributed by atoms with van der Waals surface area (Å²) < 4.78 is 11.2. The Morgan fingerprint density at radius 1 is 1.41 bits per heavy atom. The van der Waals surface area contributed by atoms with E-state index in [4.69, 9.17) is 9.47 Å². The van der Waals surface area contributed by atoms with E-state index in [1.54, 1.807) is 6.92 Å². The third-order valence-electron chi connectivity index (χ3n) is 5.22. The standard InChI is InChI=1S/C22H37NO4/c1-7-20(27-15-19(24)14-23-16(3)4)22(6)17(5)10-9-11-18(22)12-13-21(25)26-8-2/h9-13,16-17,19-20,23-24H,7-8,14-15H2,1-6H3/b13-12+/t17?,19?,20-,22?/m1/s1. The summed E-state index contributed by atoms with van der Waals surface area (Å²) in [5, 5.41) is 13.4. The summed E-state index contributed by atoms with van der Waals surface area (Å²) in [6, 6.07) is 0.324. The van der Waals surface area contributed by atoms with Crippen LogP contribution in [0.3, 0.4) is 0 Å². The smallest absolute Gasteiger partial charge is 0.330 e. The molecule has 2 N–H and O–H groups in total. The number of carbonyl (C=O) groups is 1. The van der Waals surface area contributed by atoms with E-state index in [1.807, 2.05) is 32.1 Å². The van der Waals surface area contributed by atoms with Crippen LogP contribution in [0.5, 0.6) is 0 Å². The van der Waals surface area contributed by atoms with Gasteiger partial charge in [-0.2, -0.15) is 0 Å². The molecule has 0 saturated heterocycles. The quantitative estimate of drug-likeness (QED) is 0.425. The molecule has 1 rings (SSSR count). The lowest BCUT2D eigenvalue weighted by molar-refractivity contribution is -0.137. The maximum Gasteiger partial charge on any atom is 0.330 e. The molecule has 0 radical (unpaired) electrons. The van der Waals surface area contributed by atoms with Crippen molar-refractivity contribution in [1.82, 2.24) is 5.32 Å². The lowest BCUT2D eigenvalue weighted by Gasteiger charge is -2.44. The van der Waals surface area contributed by atoms with Gasteiger partial charge in [-0.3, -0.25) is 0 Å². The van der Waals surface area contributed by atoms with Crippen LogP contribution in [0.4, 0.5) is 0 Å². The number of allylic oxidation sites excluding steroid dienone is 4. The number of nitrogens with one attached hydrogen (secondary N) is 1. The van der Waals surface area contributed by atoms with E-state index in [-0.39, 0.29) is 30.0 Å². The second kappa shape index (κ2) is 11.4. The molecule has 3 unspecified atom stereocenters. The van der Waals surface area contributed by atoms with Gasteiger partial charge in [0.15, 0.2) is 0 Å². The third kappa shape index (κ3) is 6.91. The van der Waals surface area contributed by atoms with Crippen LogP contribution in [0.15, 0.2) is 36.0 Å². The van der Waals surface area contributed by atoms with Gasteiger partial charge >= 0.3 is 5.97 Å². The fourth-order valence-electron chi connectivity index (χ4n) is 3.40. The summed E-state index contributed by atoms with van der Waals surface area (Å²) in [7, 11) is 0. The van der Waals surface area contributed by atoms with E-state index < -0.39 is 6.10 Å². The SMILES string of the molecule is CCOC(=O)/C=C/C1=CC=CC(C)C1(C)[C@@H](CC)OCC(O)CNC(C)C. The Labute approximate surface area is 164 Å². The van der Waals surface area contributed by atoms with E-state index >= 15 is 0 Å². The first-order chi connectivity index (χ1) is 12.7. The van der Waals surface area contributed by atoms with Gasteiger partial charge in [0.05, 0.1) is 25.4 Å². The van der Waals surface area contributed by atoms with E-state index in [9.17, 15) is 9.90 Å². The van der Waals surface area contributed by atoms with Crippen molar-refractivity contribution in [3.63, 3.8) is 0 Å². The van der Waals surface area contributed by atoms with Gasteiger partial charge in [-0.05, 0) is 24.8 Å². The predicted molar refractivity (Wildman–Crippen MR) is 109 cm³/mol. The first-order valence-corrected chi connectivity index (χ1v) is 10.0. The minimum atomic E-state index is -0.554. The Morgan fingerprint density at radius 2 is 2.11 bits per heavy atom. The van der Waals surface area contributed by atoms with E-state index in [1.165, 1.54) is 6.08 Å². The molecule has 154 valence electrons. The van der Waals surface area contributed by atoms with Crippen molar-refractivity contribution in [2.75, 3.05) is 19.8 Å². The summed E-state index contributed by atoms with van der Waals surface area (Å²) in [4.78, 5) is 11.7. The third-order valence-corrected chi connectivity index (χ3v) is 5.22. The molecule has 0 fully saturated rings. The molecular weight excluding hydrogens is 342 g/mol. The second-order valence-corrected chi connectivity index (χ2v) is 7.61. The number of hydrogen-bond acceptors (Lipinski definition) is 5. The van der Waals surface area contributed by atoms with Gasteiger partial charge in [0.2, 0.25) is 0 Å². The van der Waals surface area contributed by atoms with Gasteiger partial charge in [-0.15, -0.1) is 0 Å². The van der Waals surface area contributed by atoms with Crippen molar-refractivity contribution in [2.45, 2.75) is 66.2 Å². The van der Waals surface area contributed by atoms with Crippen LogP contribution in [0.2, 0.25) is 0 Å². The molecule has 0 amide bonds. The molecule has 0 aromatic heterocycles. The number of esters is 1. The number of aliphatic hydroxyl groups is 1. The lowest BCUT2D eigenvalue weighted by Crippen LogP contribution is -2.43. The van der Waals surface area contributed by atoms with Gasteiger partial charge < -0.3 is 19.9 Å². The highest BCUT2D eigenvalue weighted by molar-refractivity contribution is 5.82. The zero-order chi connectivity index (χ0) is 20.4. The van der Waals surface area contributed by atoms with Crippen molar-refractivity contribution in [3.8, 4) is 0 Å². The van der Waals surface area contributed by atoms with Crippen molar-refractivity contribution in [1.29, 1.82) is 0 Å². The molecule has 5 heteroatoms. The largest absolute Gasteiger partial charge is 0.463 e.